The van der Waals surface area contributed by atoms with Crippen molar-refractivity contribution >= 4 is 28.8 Å². The van der Waals surface area contributed by atoms with Gasteiger partial charge in [-0.25, -0.2) is 4.98 Å². The van der Waals surface area contributed by atoms with Crippen molar-refractivity contribution in [1.29, 1.82) is 0 Å². The van der Waals surface area contributed by atoms with Crippen molar-refractivity contribution in [2.45, 2.75) is 19.3 Å². The largest absolute Gasteiger partial charge is 0.338 e. The molecule has 2 heterocycles. The summed E-state index contributed by atoms with van der Waals surface area (Å²) in [6, 6.07) is 7.37. The highest BCUT2D eigenvalue weighted by molar-refractivity contribution is 7.14. The van der Waals surface area contributed by atoms with Crippen molar-refractivity contribution in [3.05, 3.63) is 50.9 Å². The summed E-state index contributed by atoms with van der Waals surface area (Å²) in [6.45, 7) is 1.69. The number of hydrogen-bond donors (Lipinski definition) is 0. The summed E-state index contributed by atoms with van der Waals surface area (Å²) < 4.78 is 0. The molecule has 0 aliphatic carbocycles. The number of nitrogens with zero attached hydrogens (tertiary/aromatic N) is 2. The molecule has 0 spiro atoms. The number of aromatic nitrogens is 1. The number of piperidine rings is 1. The van der Waals surface area contributed by atoms with Crippen LogP contribution in [0.4, 0.5) is 0 Å². The van der Waals surface area contributed by atoms with E-state index in [1.165, 1.54) is 17.8 Å². The van der Waals surface area contributed by atoms with E-state index in [1.807, 2.05) is 29.2 Å². The van der Waals surface area contributed by atoms with E-state index in [1.54, 1.807) is 6.20 Å². The fourth-order valence-electron chi connectivity index (χ4n) is 2.38. The van der Waals surface area contributed by atoms with E-state index in [-0.39, 0.29) is 5.91 Å². The zero-order valence-electron chi connectivity index (χ0n) is 12.0. The monoisotopic (exact) mass is 330 g/mol. The van der Waals surface area contributed by atoms with E-state index in [2.05, 4.69) is 16.8 Å². The Balaban J connectivity index is 1.72. The summed E-state index contributed by atoms with van der Waals surface area (Å²) in [4.78, 5) is 19.2. The maximum Gasteiger partial charge on any atom is 0.265 e. The van der Waals surface area contributed by atoms with Crippen LogP contribution in [0.25, 0.3) is 0 Å². The molecule has 0 saturated carbocycles. The van der Waals surface area contributed by atoms with Gasteiger partial charge >= 0.3 is 0 Å². The number of halogens is 1. The average Bonchev–Trinajstić information content (AvgIpc) is 3.02. The van der Waals surface area contributed by atoms with Gasteiger partial charge in [0.2, 0.25) is 0 Å². The van der Waals surface area contributed by atoms with Gasteiger partial charge in [-0.1, -0.05) is 23.6 Å². The van der Waals surface area contributed by atoms with Crippen LogP contribution in [-0.4, -0.2) is 28.9 Å². The molecule has 1 aromatic carbocycles. The second-order valence-electron chi connectivity index (χ2n) is 5.14. The van der Waals surface area contributed by atoms with Crippen LogP contribution in [0.5, 0.6) is 0 Å². The molecule has 0 bridgehead atoms. The number of thiazole rings is 1. The number of amides is 1. The minimum absolute atomic E-state index is 0.0769. The first-order chi connectivity index (χ1) is 10.7. The van der Waals surface area contributed by atoms with Gasteiger partial charge in [0.25, 0.3) is 5.91 Å². The predicted octanol–water partition coefficient (Wildman–Crippen LogP) is 3.82. The van der Waals surface area contributed by atoms with Crippen molar-refractivity contribution in [3.8, 4) is 11.8 Å². The molecule has 5 heteroatoms. The SMILES string of the molecule is O=C(c1cnc(C#Cc2cccc(Cl)c2)s1)N1CCCCC1. The Labute approximate surface area is 138 Å². The molecule has 1 amide bonds. The van der Waals surface area contributed by atoms with Crippen LogP contribution in [0, 0.1) is 11.8 Å². The molecule has 1 aliphatic rings. The lowest BCUT2D eigenvalue weighted by Crippen LogP contribution is -2.35. The fourth-order valence-corrected chi connectivity index (χ4v) is 3.30. The molecule has 22 heavy (non-hydrogen) atoms. The zero-order chi connectivity index (χ0) is 15.4. The maximum atomic E-state index is 12.4. The third-order valence-corrected chi connectivity index (χ3v) is 4.63. The quantitative estimate of drug-likeness (QED) is 0.745. The molecule has 1 aromatic heterocycles. The molecule has 0 radical (unpaired) electrons. The lowest BCUT2D eigenvalue weighted by atomic mass is 10.1. The van der Waals surface area contributed by atoms with E-state index in [0.29, 0.717) is 14.9 Å². The van der Waals surface area contributed by atoms with E-state index >= 15 is 0 Å². The maximum absolute atomic E-state index is 12.4. The highest BCUT2D eigenvalue weighted by Crippen LogP contribution is 2.18. The van der Waals surface area contributed by atoms with E-state index in [9.17, 15) is 4.79 Å². The van der Waals surface area contributed by atoms with Gasteiger partial charge in [-0.3, -0.25) is 4.79 Å². The molecule has 0 N–H and O–H groups in total. The Morgan fingerprint density at radius 2 is 2.05 bits per heavy atom. The third kappa shape index (κ3) is 3.68. The molecule has 1 saturated heterocycles. The van der Waals surface area contributed by atoms with Crippen molar-refractivity contribution in [2.24, 2.45) is 0 Å². The first-order valence-electron chi connectivity index (χ1n) is 7.25. The highest BCUT2D eigenvalue weighted by Gasteiger charge is 2.19. The lowest BCUT2D eigenvalue weighted by Gasteiger charge is -2.25. The molecule has 0 atom stereocenters. The second kappa shape index (κ2) is 6.95. The summed E-state index contributed by atoms with van der Waals surface area (Å²) in [5, 5.41) is 1.31. The molecule has 1 fully saturated rings. The van der Waals surface area contributed by atoms with Gasteiger partial charge < -0.3 is 4.90 Å². The Kier molecular flexibility index (Phi) is 4.77. The summed E-state index contributed by atoms with van der Waals surface area (Å²) in [6.07, 6.45) is 5.02. The Bertz CT molecular complexity index is 738. The number of benzene rings is 1. The number of hydrogen-bond acceptors (Lipinski definition) is 3. The van der Waals surface area contributed by atoms with Gasteiger partial charge in [0.1, 0.15) is 4.88 Å². The molecule has 3 rings (SSSR count). The van der Waals surface area contributed by atoms with Crippen molar-refractivity contribution in [1.82, 2.24) is 9.88 Å². The van der Waals surface area contributed by atoms with Crippen LogP contribution in [0.3, 0.4) is 0 Å². The van der Waals surface area contributed by atoms with Crippen LogP contribution in [0.15, 0.2) is 30.5 Å². The van der Waals surface area contributed by atoms with E-state index in [0.717, 1.165) is 31.5 Å². The van der Waals surface area contributed by atoms with Gasteiger partial charge in [0.05, 0.1) is 6.20 Å². The van der Waals surface area contributed by atoms with Gasteiger partial charge in [-0.05, 0) is 43.4 Å². The molecular weight excluding hydrogens is 316 g/mol. The van der Waals surface area contributed by atoms with Crippen LogP contribution in [-0.2, 0) is 0 Å². The minimum atomic E-state index is 0.0769. The number of carbonyl (C=O) groups excluding carboxylic acids is 1. The van der Waals surface area contributed by atoms with Crippen molar-refractivity contribution in [3.63, 3.8) is 0 Å². The normalized spacial score (nSPS) is 14.3. The van der Waals surface area contributed by atoms with Crippen molar-refractivity contribution < 1.29 is 4.79 Å². The lowest BCUT2D eigenvalue weighted by molar-refractivity contribution is 0.0729. The molecular formula is C17H15ClN2OS. The van der Waals surface area contributed by atoms with E-state index < -0.39 is 0 Å². The first-order valence-corrected chi connectivity index (χ1v) is 8.44. The number of carbonyl (C=O) groups is 1. The first kappa shape index (κ1) is 15.1. The van der Waals surface area contributed by atoms with Crippen LogP contribution < -0.4 is 0 Å². The summed E-state index contributed by atoms with van der Waals surface area (Å²) >= 11 is 7.28. The van der Waals surface area contributed by atoms with Crippen LogP contribution >= 0.6 is 22.9 Å². The van der Waals surface area contributed by atoms with Gasteiger partial charge in [-0.2, -0.15) is 0 Å². The Morgan fingerprint density at radius 1 is 1.23 bits per heavy atom. The van der Waals surface area contributed by atoms with Crippen LogP contribution in [0.2, 0.25) is 5.02 Å². The predicted molar refractivity (Wildman–Crippen MR) is 89.3 cm³/mol. The molecule has 1 aliphatic heterocycles. The summed E-state index contributed by atoms with van der Waals surface area (Å²) in [7, 11) is 0. The second-order valence-corrected chi connectivity index (χ2v) is 6.61. The zero-order valence-corrected chi connectivity index (χ0v) is 13.6. The topological polar surface area (TPSA) is 33.2 Å². The van der Waals surface area contributed by atoms with Gasteiger partial charge in [0, 0.05) is 23.7 Å². The van der Waals surface area contributed by atoms with Crippen LogP contribution in [0.1, 0.15) is 39.5 Å². The van der Waals surface area contributed by atoms with Gasteiger partial charge in [0.15, 0.2) is 5.01 Å². The highest BCUT2D eigenvalue weighted by atomic mass is 35.5. The smallest absolute Gasteiger partial charge is 0.265 e. The minimum Gasteiger partial charge on any atom is -0.338 e. The number of rotatable bonds is 1. The van der Waals surface area contributed by atoms with E-state index in [4.69, 9.17) is 11.6 Å². The third-order valence-electron chi connectivity index (χ3n) is 3.50. The number of likely N-dealkylation sites (tertiary alicyclic amines) is 1. The Morgan fingerprint density at radius 3 is 2.82 bits per heavy atom. The fraction of sp³-hybridized carbons (Fsp3) is 0.294. The molecule has 112 valence electrons. The molecule has 2 aromatic rings. The Hall–Kier alpha value is -1.83. The molecule has 0 unspecified atom stereocenters. The van der Waals surface area contributed by atoms with Crippen molar-refractivity contribution in [2.75, 3.05) is 13.1 Å². The van der Waals surface area contributed by atoms with Gasteiger partial charge in [-0.15, -0.1) is 11.3 Å². The average molecular weight is 331 g/mol. The summed E-state index contributed by atoms with van der Waals surface area (Å²) in [5.41, 5.74) is 0.839. The standard InChI is InChI=1S/C17H15ClN2OS/c18-14-6-4-5-13(11-14)7-8-16-19-12-15(22-16)17(21)20-9-2-1-3-10-20/h4-6,11-12H,1-3,9-10H2. The molecule has 3 nitrogen and oxygen atoms in total. The summed E-state index contributed by atoms with van der Waals surface area (Å²) in [5.74, 6) is 6.09.